The lowest BCUT2D eigenvalue weighted by Crippen LogP contribution is -2.39. The van der Waals surface area contributed by atoms with Crippen molar-refractivity contribution in [1.82, 2.24) is 0 Å². The summed E-state index contributed by atoms with van der Waals surface area (Å²) in [6, 6.07) is 13.9. The van der Waals surface area contributed by atoms with Crippen LogP contribution in [-0.4, -0.2) is 41.3 Å². The van der Waals surface area contributed by atoms with Crippen LogP contribution in [0.4, 0.5) is 11.4 Å². The largest absolute Gasteiger partial charge is 0.494 e. The summed E-state index contributed by atoms with van der Waals surface area (Å²) in [4.78, 5) is 2.47. The number of methoxy groups -OCH3 is 1. The van der Waals surface area contributed by atoms with E-state index in [9.17, 15) is 8.42 Å². The average molecular weight is 391 g/mol. The second-order valence-corrected chi connectivity index (χ2v) is 8.19. The molecule has 0 radical (unpaired) electrons. The van der Waals surface area contributed by atoms with Crippen LogP contribution >= 0.6 is 0 Å². The van der Waals surface area contributed by atoms with Gasteiger partial charge in [0.15, 0.2) is 0 Å². The highest BCUT2D eigenvalue weighted by atomic mass is 32.2. The van der Waals surface area contributed by atoms with Gasteiger partial charge in [0.25, 0.3) is 10.0 Å². The Kier molecular flexibility index (Phi) is 6.23. The topological polar surface area (TPSA) is 67.9 Å². The van der Waals surface area contributed by atoms with E-state index in [-0.39, 0.29) is 11.0 Å². The number of nitrogens with zero attached hydrogens (tertiary/aromatic N) is 1. The van der Waals surface area contributed by atoms with Crippen molar-refractivity contribution >= 4 is 21.4 Å². The van der Waals surface area contributed by atoms with Crippen molar-refractivity contribution in [2.24, 2.45) is 0 Å². The van der Waals surface area contributed by atoms with E-state index in [4.69, 9.17) is 9.47 Å². The first-order valence-corrected chi connectivity index (χ1v) is 10.6. The Balaban J connectivity index is 1.68. The molecule has 2 aromatic rings. The van der Waals surface area contributed by atoms with Gasteiger partial charge in [-0.1, -0.05) is 0 Å². The zero-order valence-corrected chi connectivity index (χ0v) is 16.5. The fourth-order valence-electron chi connectivity index (χ4n) is 3.20. The molecule has 1 saturated heterocycles. The van der Waals surface area contributed by atoms with E-state index in [2.05, 4.69) is 9.62 Å². The van der Waals surface area contributed by atoms with Crippen molar-refractivity contribution in [2.75, 3.05) is 36.4 Å². The summed E-state index contributed by atoms with van der Waals surface area (Å²) in [6.07, 6.45) is 2.41. The van der Waals surface area contributed by atoms with Crippen molar-refractivity contribution in [3.05, 3.63) is 48.5 Å². The molecule has 0 aliphatic carbocycles. The lowest BCUT2D eigenvalue weighted by atomic mass is 10.1. The fraction of sp³-hybridized carbons (Fsp3) is 0.400. The third kappa shape index (κ3) is 4.93. The van der Waals surface area contributed by atoms with E-state index < -0.39 is 10.0 Å². The standard InChI is InChI=1S/C20H26N2O4S/c1-3-26-18-10-12-20(13-11-18)27(23,24)21-16-6-8-17(9-7-16)22-14-4-5-19(15-22)25-2/h6-13,19,21H,3-5,14-15H2,1-2H3. The molecule has 3 rings (SSSR count). The molecule has 0 spiro atoms. The monoisotopic (exact) mass is 390 g/mol. The molecule has 1 unspecified atom stereocenters. The molecule has 1 atom stereocenters. The third-order valence-electron chi connectivity index (χ3n) is 4.64. The van der Waals surface area contributed by atoms with Crippen molar-refractivity contribution in [1.29, 1.82) is 0 Å². The molecule has 146 valence electrons. The first kappa shape index (κ1) is 19.5. The Hall–Kier alpha value is -2.25. The van der Waals surface area contributed by atoms with E-state index in [0.717, 1.165) is 31.6 Å². The van der Waals surface area contributed by atoms with Crippen molar-refractivity contribution < 1.29 is 17.9 Å². The number of anilines is 2. The highest BCUT2D eigenvalue weighted by molar-refractivity contribution is 7.92. The quantitative estimate of drug-likeness (QED) is 0.784. The highest BCUT2D eigenvalue weighted by Gasteiger charge is 2.20. The second-order valence-electron chi connectivity index (χ2n) is 6.50. The number of benzene rings is 2. The summed E-state index contributed by atoms with van der Waals surface area (Å²) >= 11 is 0. The SMILES string of the molecule is CCOc1ccc(S(=O)(=O)Nc2ccc(N3CCCC(OC)C3)cc2)cc1. The fourth-order valence-corrected chi connectivity index (χ4v) is 4.26. The maximum absolute atomic E-state index is 12.6. The molecule has 2 aromatic carbocycles. The second kappa shape index (κ2) is 8.63. The molecule has 7 heteroatoms. The molecule has 1 heterocycles. The summed E-state index contributed by atoms with van der Waals surface area (Å²) in [5.41, 5.74) is 1.61. The number of ether oxygens (including phenoxy) is 2. The zero-order chi connectivity index (χ0) is 19.3. The highest BCUT2D eigenvalue weighted by Crippen LogP contribution is 2.24. The van der Waals surface area contributed by atoms with Crippen molar-refractivity contribution in [3.63, 3.8) is 0 Å². The van der Waals surface area contributed by atoms with Gasteiger partial charge in [0.05, 0.1) is 17.6 Å². The van der Waals surface area contributed by atoms with Crippen LogP contribution < -0.4 is 14.4 Å². The molecule has 6 nitrogen and oxygen atoms in total. The molecule has 0 aromatic heterocycles. The maximum atomic E-state index is 12.6. The number of hydrogen-bond donors (Lipinski definition) is 1. The van der Waals surface area contributed by atoms with Crippen molar-refractivity contribution in [3.8, 4) is 5.75 Å². The molecule has 0 bridgehead atoms. The van der Waals surface area contributed by atoms with Crippen LogP contribution in [0.5, 0.6) is 5.75 Å². The van der Waals surface area contributed by atoms with Crippen LogP contribution in [0.15, 0.2) is 53.4 Å². The number of nitrogens with one attached hydrogen (secondary N) is 1. The minimum atomic E-state index is -3.63. The van der Waals surface area contributed by atoms with Crippen LogP contribution in [0.3, 0.4) is 0 Å². The lowest BCUT2D eigenvalue weighted by Gasteiger charge is -2.33. The molecule has 1 N–H and O–H groups in total. The molecule has 0 saturated carbocycles. The summed E-state index contributed by atoms with van der Waals surface area (Å²) in [6.45, 7) is 4.26. The Bertz CT molecular complexity index is 835. The summed E-state index contributed by atoms with van der Waals surface area (Å²) in [7, 11) is -1.89. The summed E-state index contributed by atoms with van der Waals surface area (Å²) in [5.74, 6) is 0.650. The van der Waals surface area contributed by atoms with E-state index in [0.29, 0.717) is 18.0 Å². The summed E-state index contributed by atoms with van der Waals surface area (Å²) < 4.78 is 38.6. The number of piperidine rings is 1. The van der Waals surface area contributed by atoms with Gasteiger partial charge in [0.2, 0.25) is 0 Å². The molecule has 1 aliphatic rings. The first-order valence-electron chi connectivity index (χ1n) is 9.15. The zero-order valence-electron chi connectivity index (χ0n) is 15.7. The van der Waals surface area contributed by atoms with E-state index in [1.54, 1.807) is 43.5 Å². The summed E-state index contributed by atoms with van der Waals surface area (Å²) in [5, 5.41) is 0. The number of sulfonamides is 1. The van der Waals surface area contributed by atoms with Gasteiger partial charge in [-0.3, -0.25) is 4.72 Å². The minimum Gasteiger partial charge on any atom is -0.494 e. The molecular formula is C20H26N2O4S. The minimum absolute atomic E-state index is 0.203. The maximum Gasteiger partial charge on any atom is 0.261 e. The van der Waals surface area contributed by atoms with Crippen LogP contribution in [0.25, 0.3) is 0 Å². The average Bonchev–Trinajstić information content (AvgIpc) is 2.69. The van der Waals surface area contributed by atoms with Crippen LogP contribution in [0.1, 0.15) is 19.8 Å². The van der Waals surface area contributed by atoms with Gasteiger partial charge in [-0.15, -0.1) is 0 Å². The number of hydrogen-bond acceptors (Lipinski definition) is 5. The van der Waals surface area contributed by atoms with Gasteiger partial charge < -0.3 is 14.4 Å². The molecule has 0 amide bonds. The smallest absolute Gasteiger partial charge is 0.261 e. The van der Waals surface area contributed by atoms with Gasteiger partial charge in [-0.2, -0.15) is 0 Å². The van der Waals surface area contributed by atoms with Gasteiger partial charge in [0.1, 0.15) is 5.75 Å². The van der Waals surface area contributed by atoms with Gasteiger partial charge in [0, 0.05) is 31.6 Å². The van der Waals surface area contributed by atoms with Gasteiger partial charge >= 0.3 is 0 Å². The predicted octanol–water partition coefficient (Wildman–Crippen LogP) is 3.50. The predicted molar refractivity (Wildman–Crippen MR) is 107 cm³/mol. The van der Waals surface area contributed by atoms with Crippen LogP contribution in [0.2, 0.25) is 0 Å². The van der Waals surface area contributed by atoms with Crippen molar-refractivity contribution in [2.45, 2.75) is 30.8 Å². The van der Waals surface area contributed by atoms with Gasteiger partial charge in [-0.05, 0) is 68.3 Å². The van der Waals surface area contributed by atoms with Gasteiger partial charge in [-0.25, -0.2) is 8.42 Å². The Morgan fingerprint density at radius 1 is 1.11 bits per heavy atom. The molecular weight excluding hydrogens is 364 g/mol. The normalized spacial score (nSPS) is 17.6. The van der Waals surface area contributed by atoms with E-state index in [1.807, 2.05) is 19.1 Å². The van der Waals surface area contributed by atoms with E-state index in [1.165, 1.54) is 0 Å². The number of rotatable bonds is 7. The lowest BCUT2D eigenvalue weighted by molar-refractivity contribution is 0.0893. The Morgan fingerprint density at radius 2 is 1.81 bits per heavy atom. The van der Waals surface area contributed by atoms with E-state index >= 15 is 0 Å². The first-order chi connectivity index (χ1) is 13.0. The molecule has 1 aliphatic heterocycles. The van der Waals surface area contributed by atoms with Crippen LogP contribution in [0, 0.1) is 0 Å². The Labute approximate surface area is 161 Å². The molecule has 27 heavy (non-hydrogen) atoms. The third-order valence-corrected chi connectivity index (χ3v) is 6.04. The molecule has 1 fully saturated rings. The Morgan fingerprint density at radius 3 is 2.44 bits per heavy atom. The van der Waals surface area contributed by atoms with Crippen LogP contribution in [-0.2, 0) is 14.8 Å².